The predicted octanol–water partition coefficient (Wildman–Crippen LogP) is 1.02. The van der Waals surface area contributed by atoms with Gasteiger partial charge < -0.3 is 16.0 Å². The highest BCUT2D eigenvalue weighted by atomic mass is 16.2. The molecule has 84 valence electrons. The molecule has 0 spiro atoms. The van der Waals surface area contributed by atoms with E-state index in [1.165, 1.54) is 0 Å². The van der Waals surface area contributed by atoms with E-state index < -0.39 is 0 Å². The van der Waals surface area contributed by atoms with E-state index in [-0.39, 0.29) is 12.1 Å². The van der Waals surface area contributed by atoms with Gasteiger partial charge >= 0.3 is 6.03 Å². The summed E-state index contributed by atoms with van der Waals surface area (Å²) in [6, 6.07) is 0.168. The maximum absolute atomic E-state index is 11.5. The second kappa shape index (κ2) is 6.65. The fourth-order valence-corrected chi connectivity index (χ4v) is 1.16. The van der Waals surface area contributed by atoms with Crippen LogP contribution in [0.4, 0.5) is 4.79 Å². The molecule has 14 heavy (non-hydrogen) atoms. The molecule has 0 aliphatic carbocycles. The summed E-state index contributed by atoms with van der Waals surface area (Å²) in [5.74, 6) is 0.424. The fraction of sp³-hybridized carbons (Fsp3) is 0.900. The van der Waals surface area contributed by atoms with E-state index in [0.717, 1.165) is 13.0 Å². The number of urea groups is 1. The standard InChI is InChI=1S/C10H23N3O/c1-5-13(4)10(14)12-9(6-7-11)8(2)3/h8-9H,5-7,11H2,1-4H3,(H,12,14). The third kappa shape index (κ3) is 4.46. The lowest BCUT2D eigenvalue weighted by molar-refractivity contribution is 0.202. The summed E-state index contributed by atoms with van der Waals surface area (Å²) < 4.78 is 0. The van der Waals surface area contributed by atoms with Gasteiger partial charge in [-0.15, -0.1) is 0 Å². The summed E-state index contributed by atoms with van der Waals surface area (Å²) in [5, 5.41) is 2.98. The van der Waals surface area contributed by atoms with E-state index in [4.69, 9.17) is 5.73 Å². The van der Waals surface area contributed by atoms with Crippen LogP contribution in [0, 0.1) is 5.92 Å². The molecule has 1 atom stereocenters. The molecular weight excluding hydrogens is 178 g/mol. The molecule has 3 N–H and O–H groups in total. The average molecular weight is 201 g/mol. The maximum atomic E-state index is 11.5. The Morgan fingerprint density at radius 3 is 2.43 bits per heavy atom. The monoisotopic (exact) mass is 201 g/mol. The third-order valence-electron chi connectivity index (χ3n) is 2.41. The quantitative estimate of drug-likeness (QED) is 0.697. The number of carbonyl (C=O) groups excluding carboxylic acids is 1. The minimum absolute atomic E-state index is 0.0142. The summed E-state index contributed by atoms with van der Waals surface area (Å²) >= 11 is 0. The Labute approximate surface area is 86.8 Å². The van der Waals surface area contributed by atoms with E-state index >= 15 is 0 Å². The van der Waals surface area contributed by atoms with Gasteiger partial charge in [0.25, 0.3) is 0 Å². The van der Waals surface area contributed by atoms with Crippen molar-refractivity contribution in [3.63, 3.8) is 0 Å². The molecule has 0 rings (SSSR count). The molecule has 0 bridgehead atoms. The number of nitrogens with one attached hydrogen (secondary N) is 1. The van der Waals surface area contributed by atoms with Crippen molar-refractivity contribution in [2.24, 2.45) is 11.7 Å². The maximum Gasteiger partial charge on any atom is 0.317 e. The van der Waals surface area contributed by atoms with Crippen LogP contribution in [0.15, 0.2) is 0 Å². The molecule has 2 amide bonds. The number of carbonyl (C=O) groups is 1. The van der Waals surface area contributed by atoms with Crippen LogP contribution in [0.2, 0.25) is 0 Å². The van der Waals surface area contributed by atoms with Gasteiger partial charge in [0.2, 0.25) is 0 Å². The number of nitrogens with zero attached hydrogens (tertiary/aromatic N) is 1. The first-order chi connectivity index (χ1) is 6.52. The molecule has 0 aromatic rings. The highest BCUT2D eigenvalue weighted by molar-refractivity contribution is 5.74. The van der Waals surface area contributed by atoms with E-state index in [9.17, 15) is 4.79 Å². The molecule has 0 saturated heterocycles. The number of hydrogen-bond donors (Lipinski definition) is 2. The molecular formula is C10H23N3O. The molecule has 4 nitrogen and oxygen atoms in total. The van der Waals surface area contributed by atoms with Gasteiger partial charge in [-0.1, -0.05) is 13.8 Å². The second-order valence-electron chi connectivity index (χ2n) is 3.89. The van der Waals surface area contributed by atoms with Crippen LogP contribution in [-0.2, 0) is 0 Å². The molecule has 4 heteroatoms. The van der Waals surface area contributed by atoms with E-state index in [1.807, 2.05) is 6.92 Å². The lowest BCUT2D eigenvalue weighted by Gasteiger charge is -2.25. The van der Waals surface area contributed by atoms with Gasteiger partial charge in [-0.2, -0.15) is 0 Å². The Hall–Kier alpha value is -0.770. The zero-order chi connectivity index (χ0) is 11.1. The molecule has 0 saturated carbocycles. The van der Waals surface area contributed by atoms with Crippen LogP contribution in [0.1, 0.15) is 27.2 Å². The Kier molecular flexibility index (Phi) is 6.28. The first-order valence-electron chi connectivity index (χ1n) is 5.24. The predicted molar refractivity (Wildman–Crippen MR) is 59.1 cm³/mol. The fourth-order valence-electron chi connectivity index (χ4n) is 1.16. The van der Waals surface area contributed by atoms with Gasteiger partial charge in [0.05, 0.1) is 0 Å². The summed E-state index contributed by atoms with van der Waals surface area (Å²) in [6.45, 7) is 7.46. The number of hydrogen-bond acceptors (Lipinski definition) is 2. The molecule has 0 fully saturated rings. The van der Waals surface area contributed by atoms with Crippen molar-refractivity contribution < 1.29 is 4.79 Å². The van der Waals surface area contributed by atoms with Crippen molar-refractivity contribution in [2.75, 3.05) is 20.1 Å². The van der Waals surface area contributed by atoms with Crippen LogP contribution >= 0.6 is 0 Å². The molecule has 0 radical (unpaired) electrons. The van der Waals surface area contributed by atoms with E-state index in [0.29, 0.717) is 12.5 Å². The Balaban J connectivity index is 4.08. The summed E-state index contributed by atoms with van der Waals surface area (Å²) in [7, 11) is 1.79. The lowest BCUT2D eigenvalue weighted by Crippen LogP contribution is -2.45. The minimum Gasteiger partial charge on any atom is -0.335 e. The van der Waals surface area contributed by atoms with Gasteiger partial charge in [-0.25, -0.2) is 4.79 Å². The zero-order valence-corrected chi connectivity index (χ0v) is 9.71. The minimum atomic E-state index is -0.0142. The Morgan fingerprint density at radius 1 is 1.50 bits per heavy atom. The topological polar surface area (TPSA) is 58.4 Å². The third-order valence-corrected chi connectivity index (χ3v) is 2.41. The van der Waals surface area contributed by atoms with Gasteiger partial charge in [0, 0.05) is 19.6 Å². The molecule has 0 aromatic carbocycles. The van der Waals surface area contributed by atoms with E-state index in [1.54, 1.807) is 11.9 Å². The second-order valence-corrected chi connectivity index (χ2v) is 3.89. The van der Waals surface area contributed by atoms with Crippen molar-refractivity contribution in [1.82, 2.24) is 10.2 Å². The van der Waals surface area contributed by atoms with Crippen molar-refractivity contribution >= 4 is 6.03 Å². The molecule has 0 heterocycles. The van der Waals surface area contributed by atoms with Crippen molar-refractivity contribution in [1.29, 1.82) is 0 Å². The van der Waals surface area contributed by atoms with E-state index in [2.05, 4.69) is 19.2 Å². The zero-order valence-electron chi connectivity index (χ0n) is 9.71. The van der Waals surface area contributed by atoms with Crippen molar-refractivity contribution in [3.8, 4) is 0 Å². The van der Waals surface area contributed by atoms with Crippen molar-refractivity contribution in [2.45, 2.75) is 33.2 Å². The van der Waals surface area contributed by atoms with Gasteiger partial charge in [0.15, 0.2) is 0 Å². The van der Waals surface area contributed by atoms with Crippen LogP contribution in [-0.4, -0.2) is 37.1 Å². The van der Waals surface area contributed by atoms with Gasteiger partial charge in [-0.05, 0) is 25.8 Å². The van der Waals surface area contributed by atoms with Crippen LogP contribution < -0.4 is 11.1 Å². The molecule has 0 aromatic heterocycles. The lowest BCUT2D eigenvalue weighted by atomic mass is 10.0. The molecule has 0 aliphatic heterocycles. The summed E-state index contributed by atoms with van der Waals surface area (Å²) in [4.78, 5) is 13.2. The van der Waals surface area contributed by atoms with Crippen LogP contribution in [0.5, 0.6) is 0 Å². The number of amides is 2. The summed E-state index contributed by atoms with van der Waals surface area (Å²) in [5.41, 5.74) is 5.49. The first-order valence-corrected chi connectivity index (χ1v) is 5.24. The smallest absolute Gasteiger partial charge is 0.317 e. The SMILES string of the molecule is CCN(C)C(=O)NC(CCN)C(C)C. The largest absolute Gasteiger partial charge is 0.335 e. The average Bonchev–Trinajstić information content (AvgIpc) is 2.15. The normalized spacial score (nSPS) is 12.7. The molecule has 0 aliphatic rings. The molecule has 1 unspecified atom stereocenters. The van der Waals surface area contributed by atoms with Gasteiger partial charge in [0.1, 0.15) is 0 Å². The Bertz CT molecular complexity index is 171. The van der Waals surface area contributed by atoms with Crippen LogP contribution in [0.25, 0.3) is 0 Å². The number of nitrogens with two attached hydrogens (primary N) is 1. The van der Waals surface area contributed by atoms with Crippen LogP contribution in [0.3, 0.4) is 0 Å². The summed E-state index contributed by atoms with van der Waals surface area (Å²) in [6.07, 6.45) is 0.834. The highest BCUT2D eigenvalue weighted by Gasteiger charge is 2.16. The van der Waals surface area contributed by atoms with Crippen molar-refractivity contribution in [3.05, 3.63) is 0 Å². The Morgan fingerprint density at radius 2 is 2.07 bits per heavy atom. The first kappa shape index (κ1) is 13.2. The van der Waals surface area contributed by atoms with Gasteiger partial charge in [-0.3, -0.25) is 0 Å². The highest BCUT2D eigenvalue weighted by Crippen LogP contribution is 2.05. The number of rotatable bonds is 5.